The van der Waals surface area contributed by atoms with Crippen LogP contribution >= 0.6 is 11.3 Å². The van der Waals surface area contributed by atoms with Gasteiger partial charge in [0.2, 0.25) is 0 Å². The van der Waals surface area contributed by atoms with Crippen molar-refractivity contribution in [1.29, 1.82) is 0 Å². The van der Waals surface area contributed by atoms with Crippen LogP contribution in [0.5, 0.6) is 0 Å². The number of halogens is 1. The van der Waals surface area contributed by atoms with Crippen LogP contribution in [0.1, 0.15) is 62.0 Å². The van der Waals surface area contributed by atoms with Crippen LogP contribution in [0.3, 0.4) is 0 Å². The zero-order valence-corrected chi connectivity index (χ0v) is 17.5. The summed E-state index contributed by atoms with van der Waals surface area (Å²) < 4.78 is 26.6. The normalized spacial score (nSPS) is 25.5. The number of hydrogen-bond acceptors (Lipinski definition) is 5. The minimum absolute atomic E-state index is 0.0320. The third-order valence-corrected chi connectivity index (χ3v) is 6.94. The van der Waals surface area contributed by atoms with Crippen molar-refractivity contribution in [2.75, 3.05) is 13.1 Å². The molecule has 3 rings (SSSR count). The van der Waals surface area contributed by atoms with Gasteiger partial charge in [-0.15, -0.1) is 11.3 Å². The molecule has 0 saturated carbocycles. The van der Waals surface area contributed by atoms with Crippen molar-refractivity contribution in [3.63, 3.8) is 0 Å². The molecule has 1 atom stereocenters. The molecule has 148 valence electrons. The van der Waals surface area contributed by atoms with Crippen molar-refractivity contribution in [2.45, 2.75) is 64.7 Å². The highest BCUT2D eigenvalue weighted by Gasteiger charge is 2.53. The largest absolute Gasteiger partial charge is 0.525 e. The van der Waals surface area contributed by atoms with E-state index in [4.69, 9.17) is 15.0 Å². The number of allylic oxidation sites excluding steroid dienone is 1. The highest BCUT2D eigenvalue weighted by atomic mass is 32.1. The zero-order chi connectivity index (χ0) is 20.0. The number of hydrogen-bond donors (Lipinski definition) is 1. The molecule has 27 heavy (non-hydrogen) atoms. The van der Waals surface area contributed by atoms with Gasteiger partial charge < -0.3 is 19.9 Å². The second-order valence-electron chi connectivity index (χ2n) is 8.38. The van der Waals surface area contributed by atoms with Crippen LogP contribution in [0.4, 0.5) is 4.39 Å². The molecule has 1 aromatic heterocycles. The number of nitrogens with two attached hydrogens (primary N) is 1. The maximum absolute atomic E-state index is 15.0. The minimum atomic E-state index is -1.03. The van der Waals surface area contributed by atoms with Crippen LogP contribution < -0.4 is 5.73 Å². The molecular formula is C19H28BFN2O3S. The van der Waals surface area contributed by atoms with Crippen LogP contribution in [0, 0.1) is 0 Å². The molecule has 0 aromatic carbocycles. The lowest BCUT2D eigenvalue weighted by molar-refractivity contribution is 0.00578. The monoisotopic (exact) mass is 394 g/mol. The van der Waals surface area contributed by atoms with Gasteiger partial charge >= 0.3 is 7.12 Å². The van der Waals surface area contributed by atoms with E-state index in [9.17, 15) is 4.79 Å². The van der Waals surface area contributed by atoms with Gasteiger partial charge in [-0.3, -0.25) is 4.79 Å². The standard InChI is InChI=1S/C19H28BFN2O3S/c1-12(16(21)20-25-18(2,3)19(4,5)26-20)14-8-9-15(27-14)17(24)23-10-6-7-13(22)11-23/h8-9,13H,6-7,10-11,22H2,1-5H3. The fourth-order valence-electron chi connectivity index (χ4n) is 3.25. The Hall–Kier alpha value is -1.22. The van der Waals surface area contributed by atoms with E-state index in [-0.39, 0.29) is 11.9 Å². The summed E-state index contributed by atoms with van der Waals surface area (Å²) in [5, 5.41) is 0. The summed E-state index contributed by atoms with van der Waals surface area (Å²) in [6.45, 7) is 10.5. The van der Waals surface area contributed by atoms with E-state index in [2.05, 4.69) is 0 Å². The van der Waals surface area contributed by atoms with Crippen LogP contribution in [0.2, 0.25) is 0 Å². The maximum Gasteiger partial charge on any atom is 0.525 e. The SMILES string of the molecule is CC(=C(F)B1OC(C)(C)C(C)(C)O1)c1ccc(C(=O)N2CCCC(N)C2)s1. The van der Waals surface area contributed by atoms with E-state index in [0.717, 1.165) is 19.4 Å². The van der Waals surface area contributed by atoms with Crippen molar-refractivity contribution in [3.05, 3.63) is 27.6 Å². The van der Waals surface area contributed by atoms with Crippen LogP contribution in [-0.2, 0) is 9.31 Å². The number of likely N-dealkylation sites (tertiary alicyclic amines) is 1. The second kappa shape index (κ2) is 7.31. The van der Waals surface area contributed by atoms with Crippen LogP contribution in [0.15, 0.2) is 17.9 Å². The highest BCUT2D eigenvalue weighted by Crippen LogP contribution is 2.40. The third-order valence-electron chi connectivity index (χ3n) is 5.75. The number of rotatable bonds is 3. The van der Waals surface area contributed by atoms with Crippen molar-refractivity contribution in [1.82, 2.24) is 4.90 Å². The summed E-state index contributed by atoms with van der Waals surface area (Å²) in [5.41, 5.74) is 4.76. The number of nitrogens with zero attached hydrogens (tertiary/aromatic N) is 1. The molecule has 1 unspecified atom stereocenters. The van der Waals surface area contributed by atoms with Crippen LogP contribution in [-0.4, -0.2) is 48.3 Å². The summed E-state index contributed by atoms with van der Waals surface area (Å²) in [6.07, 6.45) is 1.86. The third kappa shape index (κ3) is 3.99. The minimum Gasteiger partial charge on any atom is -0.398 e. The van der Waals surface area contributed by atoms with Crippen molar-refractivity contribution < 1.29 is 18.5 Å². The van der Waals surface area contributed by atoms with Gasteiger partial charge in [-0.1, -0.05) is 0 Å². The fraction of sp³-hybridized carbons (Fsp3) is 0.632. The molecule has 3 heterocycles. The van der Waals surface area contributed by atoms with Gasteiger partial charge in [0, 0.05) is 24.0 Å². The maximum atomic E-state index is 15.0. The average Bonchev–Trinajstić information content (AvgIpc) is 3.16. The molecule has 8 heteroatoms. The molecule has 2 aliphatic heterocycles. The predicted molar refractivity (Wildman–Crippen MR) is 107 cm³/mol. The lowest BCUT2D eigenvalue weighted by Crippen LogP contribution is -2.45. The van der Waals surface area contributed by atoms with Crippen molar-refractivity contribution in [2.24, 2.45) is 5.73 Å². The van der Waals surface area contributed by atoms with Gasteiger partial charge in [-0.25, -0.2) is 4.39 Å². The molecule has 0 aliphatic carbocycles. The molecule has 5 nitrogen and oxygen atoms in total. The molecule has 1 aromatic rings. The van der Waals surface area contributed by atoms with Crippen molar-refractivity contribution in [3.8, 4) is 0 Å². The average molecular weight is 394 g/mol. The lowest BCUT2D eigenvalue weighted by Gasteiger charge is -2.32. The van der Waals surface area contributed by atoms with E-state index < -0.39 is 24.0 Å². The molecule has 2 saturated heterocycles. The number of thiophene rings is 1. The Balaban J connectivity index is 1.77. The van der Waals surface area contributed by atoms with Crippen LogP contribution in [0.25, 0.3) is 5.57 Å². The Morgan fingerprint density at radius 2 is 1.85 bits per heavy atom. The molecular weight excluding hydrogens is 366 g/mol. The molecule has 2 aliphatic rings. The Labute approximate surface area is 164 Å². The molecule has 2 N–H and O–H groups in total. The quantitative estimate of drug-likeness (QED) is 0.795. The molecule has 0 spiro atoms. The van der Waals surface area contributed by atoms with Gasteiger partial charge in [0.25, 0.3) is 5.91 Å². The first-order valence-corrected chi connectivity index (χ1v) is 10.2. The van der Waals surface area contributed by atoms with Crippen molar-refractivity contribution >= 4 is 29.9 Å². The smallest absolute Gasteiger partial charge is 0.398 e. The fourth-order valence-corrected chi connectivity index (χ4v) is 4.22. The zero-order valence-electron chi connectivity index (χ0n) is 16.7. The first kappa shape index (κ1) is 20.5. The number of carbonyl (C=O) groups excluding carboxylic acids is 1. The first-order valence-electron chi connectivity index (χ1n) is 9.39. The van der Waals surface area contributed by atoms with E-state index in [1.54, 1.807) is 24.0 Å². The summed E-state index contributed by atoms with van der Waals surface area (Å²) >= 11 is 1.29. The summed E-state index contributed by atoms with van der Waals surface area (Å²) in [4.78, 5) is 15.8. The predicted octanol–water partition coefficient (Wildman–Crippen LogP) is 3.64. The number of carbonyl (C=O) groups is 1. The highest BCUT2D eigenvalue weighted by molar-refractivity contribution is 7.15. The molecule has 0 radical (unpaired) electrons. The number of piperidine rings is 1. The van der Waals surface area contributed by atoms with E-state index in [1.165, 1.54) is 11.3 Å². The topological polar surface area (TPSA) is 64.8 Å². The molecule has 1 amide bonds. The summed E-state index contributed by atoms with van der Waals surface area (Å²) in [7, 11) is -1.03. The van der Waals surface area contributed by atoms with Gasteiger partial charge in [-0.2, -0.15) is 0 Å². The van der Waals surface area contributed by atoms with E-state index in [1.807, 2.05) is 27.7 Å². The Morgan fingerprint density at radius 1 is 1.26 bits per heavy atom. The van der Waals surface area contributed by atoms with Gasteiger partial charge in [0.15, 0.2) is 0 Å². The Morgan fingerprint density at radius 3 is 2.44 bits per heavy atom. The second-order valence-corrected chi connectivity index (χ2v) is 9.46. The van der Waals surface area contributed by atoms with Gasteiger partial charge in [0.05, 0.1) is 16.1 Å². The molecule has 2 fully saturated rings. The van der Waals surface area contributed by atoms with E-state index >= 15 is 4.39 Å². The Bertz CT molecular complexity index is 746. The summed E-state index contributed by atoms with van der Waals surface area (Å²) in [6, 6.07) is 3.57. The number of amides is 1. The lowest BCUT2D eigenvalue weighted by atomic mass is 9.84. The van der Waals surface area contributed by atoms with E-state index in [0.29, 0.717) is 21.9 Å². The molecule has 0 bridgehead atoms. The summed E-state index contributed by atoms with van der Waals surface area (Å²) in [5.74, 6) is -0.0368. The van der Waals surface area contributed by atoms with Gasteiger partial charge in [-0.05, 0) is 65.2 Å². The van der Waals surface area contributed by atoms with Gasteiger partial charge in [0.1, 0.15) is 5.73 Å². The first-order chi connectivity index (χ1) is 12.5. The Kier molecular flexibility index (Phi) is 5.56.